The first-order chi connectivity index (χ1) is 4.88. The van der Waals surface area contributed by atoms with Crippen molar-refractivity contribution in [1.82, 2.24) is 0 Å². The van der Waals surface area contributed by atoms with Crippen LogP contribution in [0, 0.1) is 5.41 Å². The molecule has 0 aromatic rings. The number of aliphatic hydroxyl groups is 1. The Morgan fingerprint density at radius 3 is 2.18 bits per heavy atom. The van der Waals surface area contributed by atoms with Gasteiger partial charge in [-0.15, -0.1) is 0 Å². The van der Waals surface area contributed by atoms with Crippen LogP contribution >= 0.6 is 0 Å². The average molecular weight is 156 g/mol. The van der Waals surface area contributed by atoms with Gasteiger partial charge in [0.1, 0.15) is 0 Å². The fraction of sp³-hybridized carbons (Fsp3) is 0.800. The summed E-state index contributed by atoms with van der Waals surface area (Å²) in [4.78, 5) is 0. The second kappa shape index (κ2) is 3.91. The van der Waals surface area contributed by atoms with Crippen molar-refractivity contribution in [3.8, 4) is 0 Å². The van der Waals surface area contributed by atoms with Crippen molar-refractivity contribution < 1.29 is 5.11 Å². The summed E-state index contributed by atoms with van der Waals surface area (Å²) in [5.74, 6) is 0. The van der Waals surface area contributed by atoms with Gasteiger partial charge in [0.2, 0.25) is 0 Å². The lowest BCUT2D eigenvalue weighted by Crippen LogP contribution is -2.25. The van der Waals surface area contributed by atoms with Gasteiger partial charge in [-0.2, -0.15) is 0 Å². The highest BCUT2D eigenvalue weighted by Gasteiger charge is 2.21. The van der Waals surface area contributed by atoms with Gasteiger partial charge in [0.25, 0.3) is 0 Å². The molecule has 0 saturated heterocycles. The number of allylic oxidation sites excluding steroid dienone is 1. The molecule has 11 heavy (non-hydrogen) atoms. The minimum Gasteiger partial charge on any atom is -0.392 e. The molecule has 0 bridgehead atoms. The second-order valence-electron chi connectivity index (χ2n) is 4.22. The molecule has 0 aliphatic rings. The molecule has 66 valence electrons. The van der Waals surface area contributed by atoms with Gasteiger partial charge in [0, 0.05) is 0 Å². The van der Waals surface area contributed by atoms with Crippen LogP contribution in [0.15, 0.2) is 11.6 Å². The highest BCUT2D eigenvalue weighted by atomic mass is 16.3. The van der Waals surface area contributed by atoms with Crippen LogP contribution in [-0.4, -0.2) is 11.2 Å². The quantitative estimate of drug-likeness (QED) is 0.609. The van der Waals surface area contributed by atoms with Crippen LogP contribution in [0.5, 0.6) is 0 Å². The van der Waals surface area contributed by atoms with E-state index in [4.69, 9.17) is 0 Å². The van der Waals surface area contributed by atoms with Crippen molar-refractivity contribution in [3.63, 3.8) is 0 Å². The number of rotatable bonds is 2. The Morgan fingerprint density at radius 1 is 1.45 bits per heavy atom. The Hall–Kier alpha value is -0.300. The zero-order valence-corrected chi connectivity index (χ0v) is 8.31. The molecule has 1 N–H and O–H groups in total. The monoisotopic (exact) mass is 156 g/mol. The molecule has 0 heterocycles. The molecule has 0 radical (unpaired) electrons. The summed E-state index contributed by atoms with van der Waals surface area (Å²) < 4.78 is 0. The second-order valence-corrected chi connectivity index (χ2v) is 4.22. The van der Waals surface area contributed by atoms with E-state index in [-0.39, 0.29) is 11.5 Å². The van der Waals surface area contributed by atoms with Gasteiger partial charge in [-0.1, -0.05) is 32.4 Å². The number of aliphatic hydroxyl groups excluding tert-OH is 1. The third-order valence-corrected chi connectivity index (χ3v) is 2.01. The highest BCUT2D eigenvalue weighted by Crippen LogP contribution is 2.23. The Morgan fingerprint density at radius 2 is 1.91 bits per heavy atom. The number of hydrogen-bond acceptors (Lipinski definition) is 1. The van der Waals surface area contributed by atoms with E-state index in [1.807, 2.05) is 6.92 Å². The summed E-state index contributed by atoms with van der Waals surface area (Å²) in [7, 11) is 0. The molecule has 0 aliphatic heterocycles. The van der Waals surface area contributed by atoms with Crippen molar-refractivity contribution in [3.05, 3.63) is 11.6 Å². The minimum atomic E-state index is -0.223. The summed E-state index contributed by atoms with van der Waals surface area (Å²) in [6.45, 7) is 10.2. The molecule has 0 rings (SSSR count). The number of hydrogen-bond donors (Lipinski definition) is 1. The molecule has 0 amide bonds. The van der Waals surface area contributed by atoms with Crippen molar-refractivity contribution in [2.75, 3.05) is 0 Å². The Bertz CT molecular complexity index is 139. The third kappa shape index (κ3) is 4.20. The topological polar surface area (TPSA) is 20.2 Å². The molecular weight excluding hydrogens is 136 g/mol. The summed E-state index contributed by atoms with van der Waals surface area (Å²) in [6.07, 6.45) is 2.62. The van der Waals surface area contributed by atoms with Crippen LogP contribution in [0.3, 0.4) is 0 Å². The van der Waals surface area contributed by atoms with Gasteiger partial charge in [-0.3, -0.25) is 0 Å². The first-order valence-electron chi connectivity index (χ1n) is 4.17. The van der Waals surface area contributed by atoms with E-state index in [0.717, 1.165) is 6.42 Å². The predicted molar refractivity (Wildman–Crippen MR) is 49.5 cm³/mol. The Balaban J connectivity index is 3.98. The molecular formula is C10H20O. The van der Waals surface area contributed by atoms with Gasteiger partial charge in [0.15, 0.2) is 0 Å². The maximum atomic E-state index is 9.65. The molecule has 1 nitrogen and oxygen atoms in total. The van der Waals surface area contributed by atoms with Crippen LogP contribution in [0.25, 0.3) is 0 Å². The predicted octanol–water partition coefficient (Wildman–Crippen LogP) is 2.75. The van der Waals surface area contributed by atoms with Gasteiger partial charge in [-0.25, -0.2) is 0 Å². The fourth-order valence-corrected chi connectivity index (χ4v) is 0.729. The minimum absolute atomic E-state index is 0.00424. The van der Waals surface area contributed by atoms with Crippen molar-refractivity contribution in [2.24, 2.45) is 5.41 Å². The summed E-state index contributed by atoms with van der Waals surface area (Å²) >= 11 is 0. The maximum absolute atomic E-state index is 9.65. The average Bonchev–Trinajstić information content (AvgIpc) is 1.85. The third-order valence-electron chi connectivity index (χ3n) is 2.01. The fourth-order valence-electron chi connectivity index (χ4n) is 0.729. The van der Waals surface area contributed by atoms with E-state index in [1.54, 1.807) is 0 Å². The van der Waals surface area contributed by atoms with E-state index >= 15 is 0 Å². The first kappa shape index (κ1) is 10.7. The van der Waals surface area contributed by atoms with Crippen LogP contribution in [0.1, 0.15) is 41.0 Å². The first-order valence-corrected chi connectivity index (χ1v) is 4.17. The van der Waals surface area contributed by atoms with E-state index in [2.05, 4.69) is 33.8 Å². The molecule has 1 atom stereocenters. The van der Waals surface area contributed by atoms with Gasteiger partial charge in [0.05, 0.1) is 6.10 Å². The Kier molecular flexibility index (Phi) is 3.81. The maximum Gasteiger partial charge on any atom is 0.0625 e. The van der Waals surface area contributed by atoms with Crippen LogP contribution in [0.4, 0.5) is 0 Å². The molecule has 0 aliphatic carbocycles. The van der Waals surface area contributed by atoms with Crippen LogP contribution in [0.2, 0.25) is 0 Å². The standard InChI is InChI=1S/C10H20O/c1-6-8(2)7-9(11)10(3,4)5/h6,9,11H,7H2,1-5H3. The lowest BCUT2D eigenvalue weighted by Gasteiger charge is -2.25. The zero-order chi connectivity index (χ0) is 9.07. The van der Waals surface area contributed by atoms with Crippen molar-refractivity contribution >= 4 is 0 Å². The van der Waals surface area contributed by atoms with Crippen LogP contribution < -0.4 is 0 Å². The van der Waals surface area contributed by atoms with Crippen molar-refractivity contribution in [2.45, 2.75) is 47.1 Å². The van der Waals surface area contributed by atoms with Gasteiger partial charge >= 0.3 is 0 Å². The van der Waals surface area contributed by atoms with E-state index < -0.39 is 0 Å². The summed E-state index contributed by atoms with van der Waals surface area (Å²) in [6, 6.07) is 0. The summed E-state index contributed by atoms with van der Waals surface area (Å²) in [5, 5.41) is 9.65. The summed E-state index contributed by atoms with van der Waals surface area (Å²) in [5.41, 5.74) is 1.26. The van der Waals surface area contributed by atoms with Crippen molar-refractivity contribution in [1.29, 1.82) is 0 Å². The lowest BCUT2D eigenvalue weighted by molar-refractivity contribution is 0.0636. The zero-order valence-electron chi connectivity index (χ0n) is 8.31. The smallest absolute Gasteiger partial charge is 0.0625 e. The molecule has 0 fully saturated rings. The molecule has 1 unspecified atom stereocenters. The molecule has 0 aromatic carbocycles. The highest BCUT2D eigenvalue weighted by molar-refractivity contribution is 4.98. The lowest BCUT2D eigenvalue weighted by atomic mass is 9.85. The van der Waals surface area contributed by atoms with E-state index in [9.17, 15) is 5.11 Å². The molecule has 0 spiro atoms. The SMILES string of the molecule is CC=C(C)CC(O)C(C)(C)C. The van der Waals surface area contributed by atoms with Gasteiger partial charge < -0.3 is 5.11 Å². The van der Waals surface area contributed by atoms with E-state index in [0.29, 0.717) is 0 Å². The molecule has 0 aromatic heterocycles. The van der Waals surface area contributed by atoms with E-state index in [1.165, 1.54) is 5.57 Å². The molecule has 1 heteroatoms. The van der Waals surface area contributed by atoms with Crippen LogP contribution in [-0.2, 0) is 0 Å². The normalized spacial score (nSPS) is 16.7. The molecule has 0 saturated carbocycles. The van der Waals surface area contributed by atoms with Gasteiger partial charge in [-0.05, 0) is 25.7 Å². The largest absolute Gasteiger partial charge is 0.392 e. The Labute approximate surface area is 70.1 Å².